The van der Waals surface area contributed by atoms with Gasteiger partial charge in [-0.1, -0.05) is 20.8 Å². The first-order valence-electron chi connectivity index (χ1n) is 7.92. The molecule has 2 rings (SSSR count). The van der Waals surface area contributed by atoms with Gasteiger partial charge >= 0.3 is 11.8 Å². The molecule has 2 atom stereocenters. The second kappa shape index (κ2) is 5.59. The zero-order valence-electron chi connectivity index (χ0n) is 13.7. The van der Waals surface area contributed by atoms with E-state index < -0.39 is 11.8 Å². The summed E-state index contributed by atoms with van der Waals surface area (Å²) in [5.41, 5.74) is 0.363. The van der Waals surface area contributed by atoms with Gasteiger partial charge in [-0.05, 0) is 37.0 Å². The Morgan fingerprint density at radius 3 is 2.52 bits per heavy atom. The van der Waals surface area contributed by atoms with Crippen molar-refractivity contribution in [1.29, 1.82) is 0 Å². The highest BCUT2D eigenvalue weighted by Crippen LogP contribution is 2.52. The molecule has 5 heteroatoms. The van der Waals surface area contributed by atoms with Gasteiger partial charge in [0.05, 0.1) is 6.61 Å². The zero-order valence-corrected chi connectivity index (χ0v) is 13.7. The van der Waals surface area contributed by atoms with Crippen molar-refractivity contribution in [3.05, 3.63) is 0 Å². The maximum Gasteiger partial charge on any atom is 0.312 e. The van der Waals surface area contributed by atoms with Crippen LogP contribution in [0.1, 0.15) is 47.0 Å². The Balaban J connectivity index is 2.12. The van der Waals surface area contributed by atoms with Crippen molar-refractivity contribution in [2.45, 2.75) is 53.0 Å². The maximum absolute atomic E-state index is 12.6. The second-order valence-corrected chi connectivity index (χ2v) is 7.76. The summed E-state index contributed by atoms with van der Waals surface area (Å²) in [6.45, 7) is 9.80. The van der Waals surface area contributed by atoms with Gasteiger partial charge in [-0.3, -0.25) is 9.59 Å². The molecule has 21 heavy (non-hydrogen) atoms. The molecule has 1 aliphatic heterocycles. The minimum Gasteiger partial charge on any atom is -0.395 e. The molecule has 0 radical (unpaired) electrons. The van der Waals surface area contributed by atoms with Gasteiger partial charge in [0.2, 0.25) is 0 Å². The van der Waals surface area contributed by atoms with E-state index in [2.05, 4.69) is 20.8 Å². The van der Waals surface area contributed by atoms with Crippen molar-refractivity contribution in [2.75, 3.05) is 26.2 Å². The van der Waals surface area contributed by atoms with E-state index in [1.807, 2.05) is 6.92 Å². The molecule has 0 spiro atoms. The van der Waals surface area contributed by atoms with Gasteiger partial charge < -0.3 is 14.9 Å². The van der Waals surface area contributed by atoms with Gasteiger partial charge in [0.1, 0.15) is 0 Å². The van der Waals surface area contributed by atoms with E-state index in [-0.39, 0.29) is 30.0 Å². The Bertz CT molecular complexity index is 435. The molecule has 1 saturated heterocycles. The van der Waals surface area contributed by atoms with Crippen LogP contribution in [0, 0.1) is 10.8 Å². The maximum atomic E-state index is 12.6. The summed E-state index contributed by atoms with van der Waals surface area (Å²) in [4.78, 5) is 28.1. The first-order chi connectivity index (χ1) is 9.71. The molecule has 0 aromatic rings. The Labute approximate surface area is 127 Å². The van der Waals surface area contributed by atoms with Crippen LogP contribution in [0.25, 0.3) is 0 Å². The van der Waals surface area contributed by atoms with Crippen molar-refractivity contribution in [3.63, 3.8) is 0 Å². The molecule has 1 aliphatic carbocycles. The van der Waals surface area contributed by atoms with Crippen molar-refractivity contribution in [3.8, 4) is 0 Å². The van der Waals surface area contributed by atoms with Gasteiger partial charge in [0, 0.05) is 25.7 Å². The number of likely N-dealkylation sites (N-methyl/N-ethyl adjacent to an activating group) is 1. The van der Waals surface area contributed by atoms with Crippen LogP contribution in [0.15, 0.2) is 0 Å². The number of hydrogen-bond acceptors (Lipinski definition) is 3. The van der Waals surface area contributed by atoms with Crippen LogP contribution in [0.3, 0.4) is 0 Å². The van der Waals surface area contributed by atoms with Crippen molar-refractivity contribution >= 4 is 11.8 Å². The van der Waals surface area contributed by atoms with E-state index in [1.165, 1.54) is 4.90 Å². The second-order valence-electron chi connectivity index (χ2n) is 7.76. The topological polar surface area (TPSA) is 60.9 Å². The molecule has 2 fully saturated rings. The third kappa shape index (κ3) is 3.23. The van der Waals surface area contributed by atoms with Gasteiger partial charge in [0.25, 0.3) is 0 Å². The highest BCUT2D eigenvalue weighted by Gasteiger charge is 2.52. The first kappa shape index (κ1) is 16.3. The summed E-state index contributed by atoms with van der Waals surface area (Å²) in [6.07, 6.45) is 3.07. The summed E-state index contributed by atoms with van der Waals surface area (Å²) < 4.78 is 0. The van der Waals surface area contributed by atoms with Crippen LogP contribution in [-0.4, -0.2) is 59.0 Å². The number of likely N-dealkylation sites (tertiary alicyclic amines) is 1. The lowest BCUT2D eigenvalue weighted by Gasteiger charge is -2.39. The van der Waals surface area contributed by atoms with Crippen LogP contribution in [0.4, 0.5) is 0 Å². The van der Waals surface area contributed by atoms with Gasteiger partial charge in [-0.2, -0.15) is 0 Å². The van der Waals surface area contributed by atoms with E-state index in [0.29, 0.717) is 13.1 Å². The molecular formula is C16H28N2O3. The standard InChI is InChI=1S/C16H28N2O3/c1-5-17(6-7-19)13(20)14(21)18-11-16(4)9-12(18)8-15(2,3)10-16/h12,19H,5-11H2,1-4H3. The molecular weight excluding hydrogens is 268 g/mol. The molecule has 2 amide bonds. The van der Waals surface area contributed by atoms with Crippen LogP contribution in [-0.2, 0) is 9.59 Å². The molecule has 1 heterocycles. The van der Waals surface area contributed by atoms with Crippen LogP contribution in [0.2, 0.25) is 0 Å². The predicted molar refractivity (Wildman–Crippen MR) is 80.6 cm³/mol. The Morgan fingerprint density at radius 2 is 1.95 bits per heavy atom. The van der Waals surface area contributed by atoms with Crippen LogP contribution < -0.4 is 0 Å². The number of carbonyl (C=O) groups excluding carboxylic acids is 2. The molecule has 1 N–H and O–H groups in total. The minimum absolute atomic E-state index is 0.110. The molecule has 0 aromatic carbocycles. The van der Waals surface area contributed by atoms with Gasteiger partial charge in [0.15, 0.2) is 0 Å². The number of carbonyl (C=O) groups is 2. The van der Waals surface area contributed by atoms with E-state index in [4.69, 9.17) is 5.11 Å². The van der Waals surface area contributed by atoms with Crippen molar-refractivity contribution < 1.29 is 14.7 Å². The SMILES string of the molecule is CCN(CCO)C(=O)C(=O)N1CC2(C)CC1CC(C)(C)C2. The number of aliphatic hydroxyl groups excluding tert-OH is 1. The summed E-state index contributed by atoms with van der Waals surface area (Å²) in [6, 6.07) is 0.183. The summed E-state index contributed by atoms with van der Waals surface area (Å²) in [5.74, 6) is -0.864. The van der Waals surface area contributed by atoms with Crippen molar-refractivity contribution in [2.24, 2.45) is 10.8 Å². The van der Waals surface area contributed by atoms with Gasteiger partial charge in [-0.15, -0.1) is 0 Å². The first-order valence-corrected chi connectivity index (χ1v) is 7.92. The number of amides is 2. The van der Waals surface area contributed by atoms with E-state index in [9.17, 15) is 9.59 Å². The largest absolute Gasteiger partial charge is 0.395 e. The van der Waals surface area contributed by atoms with Crippen molar-refractivity contribution in [1.82, 2.24) is 9.80 Å². The Morgan fingerprint density at radius 1 is 1.29 bits per heavy atom. The fourth-order valence-electron chi connectivity index (χ4n) is 4.48. The average molecular weight is 296 g/mol. The van der Waals surface area contributed by atoms with Crippen LogP contribution in [0.5, 0.6) is 0 Å². The third-order valence-electron chi connectivity index (χ3n) is 4.90. The molecule has 2 unspecified atom stereocenters. The lowest BCUT2D eigenvalue weighted by atomic mass is 9.65. The minimum atomic E-state index is -0.472. The number of nitrogens with zero attached hydrogens (tertiary/aromatic N) is 2. The predicted octanol–water partition coefficient (Wildman–Crippen LogP) is 1.25. The number of hydrogen-bond donors (Lipinski definition) is 1. The molecule has 2 bridgehead atoms. The lowest BCUT2D eigenvalue weighted by molar-refractivity contribution is -0.152. The number of aliphatic hydroxyl groups is 1. The summed E-state index contributed by atoms with van der Waals surface area (Å²) in [5, 5.41) is 9.00. The Hall–Kier alpha value is -1.10. The van der Waals surface area contributed by atoms with Crippen LogP contribution >= 0.6 is 0 Å². The molecule has 0 aromatic heterocycles. The average Bonchev–Trinajstić information content (AvgIpc) is 2.63. The fourth-order valence-corrected chi connectivity index (χ4v) is 4.48. The Kier molecular flexibility index (Phi) is 4.34. The number of rotatable bonds is 3. The molecule has 120 valence electrons. The quantitative estimate of drug-likeness (QED) is 0.798. The number of fused-ring (bicyclic) bond motifs is 2. The zero-order chi connectivity index (χ0) is 15.8. The molecule has 1 saturated carbocycles. The van der Waals surface area contributed by atoms with E-state index in [0.717, 1.165) is 19.3 Å². The lowest BCUT2D eigenvalue weighted by Crippen LogP contribution is -2.48. The molecule has 2 aliphatic rings. The summed E-state index contributed by atoms with van der Waals surface area (Å²) in [7, 11) is 0. The third-order valence-corrected chi connectivity index (χ3v) is 4.90. The fraction of sp³-hybridized carbons (Fsp3) is 0.875. The monoisotopic (exact) mass is 296 g/mol. The van der Waals surface area contributed by atoms with Gasteiger partial charge in [-0.25, -0.2) is 0 Å². The van der Waals surface area contributed by atoms with E-state index >= 15 is 0 Å². The highest BCUT2D eigenvalue weighted by atomic mass is 16.3. The smallest absolute Gasteiger partial charge is 0.312 e. The van der Waals surface area contributed by atoms with E-state index in [1.54, 1.807) is 4.90 Å². The molecule has 5 nitrogen and oxygen atoms in total. The summed E-state index contributed by atoms with van der Waals surface area (Å²) >= 11 is 0. The normalized spacial score (nSPS) is 30.3. The highest BCUT2D eigenvalue weighted by molar-refractivity contribution is 6.35.